The van der Waals surface area contributed by atoms with E-state index in [1.807, 2.05) is 48.0 Å². The van der Waals surface area contributed by atoms with Crippen molar-refractivity contribution in [1.29, 1.82) is 0 Å². The molecule has 32 heavy (non-hydrogen) atoms. The first-order chi connectivity index (χ1) is 15.1. The first kappa shape index (κ1) is 25.5. The number of aromatic nitrogens is 2. The maximum atomic E-state index is 5.38. The van der Waals surface area contributed by atoms with Crippen molar-refractivity contribution in [3.05, 3.63) is 71.0 Å². The molecule has 0 atom stereocenters. The number of hydrogen-bond acceptors (Lipinski definition) is 4. The Morgan fingerprint density at radius 2 is 1.72 bits per heavy atom. The molecule has 0 spiro atoms. The molecule has 0 fully saturated rings. The number of nitrogens with zero attached hydrogens (tertiary/aromatic N) is 3. The fraction of sp³-hybridized carbons (Fsp3) is 0.333. The first-order valence-corrected chi connectivity index (χ1v) is 10.3. The molecule has 3 aromatic rings. The number of rotatable bonds is 8. The highest BCUT2D eigenvalue weighted by Crippen LogP contribution is 2.27. The van der Waals surface area contributed by atoms with Gasteiger partial charge in [-0.25, -0.2) is 4.68 Å². The van der Waals surface area contributed by atoms with Gasteiger partial charge in [-0.1, -0.05) is 24.3 Å². The van der Waals surface area contributed by atoms with Gasteiger partial charge in [0.05, 0.1) is 25.6 Å². The van der Waals surface area contributed by atoms with Gasteiger partial charge in [-0.05, 0) is 50.1 Å². The van der Waals surface area contributed by atoms with Crippen LogP contribution in [-0.2, 0) is 13.0 Å². The Morgan fingerprint density at radius 3 is 2.38 bits per heavy atom. The smallest absolute Gasteiger partial charge is 0.191 e. The lowest BCUT2D eigenvalue weighted by atomic mass is 10.1. The zero-order chi connectivity index (χ0) is 22.2. The highest BCUT2D eigenvalue weighted by atomic mass is 127. The first-order valence-electron chi connectivity index (χ1n) is 10.3. The third-order valence-electron chi connectivity index (χ3n) is 5.25. The van der Waals surface area contributed by atoms with E-state index in [0.717, 1.165) is 53.1 Å². The Labute approximate surface area is 207 Å². The molecular formula is C24H32IN5O2. The summed E-state index contributed by atoms with van der Waals surface area (Å²) in [5.74, 6) is 2.23. The predicted octanol–water partition coefficient (Wildman–Crippen LogP) is 4.03. The number of guanidine groups is 1. The predicted molar refractivity (Wildman–Crippen MR) is 140 cm³/mol. The van der Waals surface area contributed by atoms with Crippen LogP contribution in [0.3, 0.4) is 0 Å². The van der Waals surface area contributed by atoms with Gasteiger partial charge in [-0.2, -0.15) is 5.10 Å². The van der Waals surface area contributed by atoms with Gasteiger partial charge >= 0.3 is 0 Å². The number of nitrogens with one attached hydrogen (secondary N) is 2. The molecule has 3 rings (SSSR count). The SMILES string of the molecule is CN=C(NCCc1ccc(OC)c(OC)c1)NCc1c(C)nn(-c2ccccc2)c1C.I. The van der Waals surface area contributed by atoms with Gasteiger partial charge < -0.3 is 20.1 Å². The number of hydrogen-bond donors (Lipinski definition) is 2. The molecule has 8 heteroatoms. The summed E-state index contributed by atoms with van der Waals surface area (Å²) in [4.78, 5) is 4.34. The van der Waals surface area contributed by atoms with Gasteiger partial charge in [0, 0.05) is 31.4 Å². The van der Waals surface area contributed by atoms with E-state index >= 15 is 0 Å². The van der Waals surface area contributed by atoms with E-state index in [1.165, 1.54) is 5.56 Å². The van der Waals surface area contributed by atoms with Gasteiger partial charge in [0.2, 0.25) is 0 Å². The summed E-state index contributed by atoms with van der Waals surface area (Å²) in [6.07, 6.45) is 0.838. The van der Waals surface area contributed by atoms with Crippen molar-refractivity contribution in [3.8, 4) is 17.2 Å². The molecular weight excluding hydrogens is 517 g/mol. The monoisotopic (exact) mass is 549 g/mol. The number of aliphatic imine (C=N–C) groups is 1. The van der Waals surface area contributed by atoms with Crippen molar-refractivity contribution < 1.29 is 9.47 Å². The Bertz CT molecular complexity index is 1030. The van der Waals surface area contributed by atoms with Gasteiger partial charge in [-0.15, -0.1) is 24.0 Å². The molecule has 0 saturated heterocycles. The normalized spacial score (nSPS) is 11.0. The van der Waals surface area contributed by atoms with E-state index in [-0.39, 0.29) is 24.0 Å². The quantitative estimate of drug-likeness (QED) is 0.252. The Kier molecular flexibility index (Phi) is 9.83. The second-order valence-corrected chi connectivity index (χ2v) is 7.19. The van der Waals surface area contributed by atoms with Crippen LogP contribution in [0.5, 0.6) is 11.5 Å². The van der Waals surface area contributed by atoms with Crippen LogP contribution in [-0.4, -0.2) is 43.6 Å². The number of benzene rings is 2. The lowest BCUT2D eigenvalue weighted by molar-refractivity contribution is 0.354. The van der Waals surface area contributed by atoms with Crippen LogP contribution in [0.1, 0.15) is 22.5 Å². The third-order valence-corrected chi connectivity index (χ3v) is 5.25. The van der Waals surface area contributed by atoms with Crippen molar-refractivity contribution in [2.24, 2.45) is 4.99 Å². The standard InChI is InChI=1S/C24H31N5O2.HI/c1-17-21(18(2)29(28-17)20-9-7-6-8-10-20)16-27-24(25-3)26-14-13-19-11-12-22(30-4)23(15-19)31-5;/h6-12,15H,13-14,16H2,1-5H3,(H2,25,26,27);1H. The molecule has 0 bridgehead atoms. The fourth-order valence-corrected chi connectivity index (χ4v) is 3.51. The number of ether oxygens (including phenoxy) is 2. The van der Waals surface area contributed by atoms with Crippen molar-refractivity contribution in [2.75, 3.05) is 27.8 Å². The summed E-state index contributed by atoms with van der Waals surface area (Å²) in [5, 5.41) is 11.5. The molecule has 2 N–H and O–H groups in total. The van der Waals surface area contributed by atoms with Crippen LogP contribution in [0.2, 0.25) is 0 Å². The molecule has 172 valence electrons. The number of halogens is 1. The Morgan fingerprint density at radius 1 is 1.00 bits per heavy atom. The minimum atomic E-state index is 0. The molecule has 0 unspecified atom stereocenters. The molecule has 0 aliphatic carbocycles. The van der Waals surface area contributed by atoms with Crippen molar-refractivity contribution >= 4 is 29.9 Å². The molecule has 0 aliphatic heterocycles. The highest BCUT2D eigenvalue weighted by Gasteiger charge is 2.13. The number of aryl methyl sites for hydroxylation is 1. The summed E-state index contributed by atoms with van der Waals surface area (Å²) < 4.78 is 12.7. The summed E-state index contributed by atoms with van der Waals surface area (Å²) >= 11 is 0. The van der Waals surface area contributed by atoms with Crippen LogP contribution < -0.4 is 20.1 Å². The molecule has 7 nitrogen and oxygen atoms in total. The van der Waals surface area contributed by atoms with Crippen LogP contribution in [0, 0.1) is 13.8 Å². The maximum Gasteiger partial charge on any atom is 0.191 e. The lowest BCUT2D eigenvalue weighted by Gasteiger charge is -2.13. The van der Waals surface area contributed by atoms with Crippen LogP contribution in [0.4, 0.5) is 0 Å². The summed E-state index contributed by atoms with van der Waals surface area (Å²) in [5.41, 5.74) is 5.53. The second-order valence-electron chi connectivity index (χ2n) is 7.19. The van der Waals surface area contributed by atoms with Crippen molar-refractivity contribution in [2.45, 2.75) is 26.8 Å². The van der Waals surface area contributed by atoms with Gasteiger partial charge in [0.1, 0.15) is 0 Å². The zero-order valence-electron chi connectivity index (χ0n) is 19.3. The summed E-state index contributed by atoms with van der Waals surface area (Å²) in [7, 11) is 5.07. The molecule has 0 radical (unpaired) electrons. The number of methoxy groups -OCH3 is 2. The maximum absolute atomic E-state index is 5.38. The highest BCUT2D eigenvalue weighted by molar-refractivity contribution is 14.0. The topological polar surface area (TPSA) is 72.7 Å². The summed E-state index contributed by atoms with van der Waals surface area (Å²) in [6.45, 7) is 5.53. The minimum absolute atomic E-state index is 0. The van der Waals surface area contributed by atoms with E-state index in [4.69, 9.17) is 14.6 Å². The van der Waals surface area contributed by atoms with Crippen molar-refractivity contribution in [3.63, 3.8) is 0 Å². The zero-order valence-corrected chi connectivity index (χ0v) is 21.6. The average molecular weight is 549 g/mol. The number of para-hydroxylation sites is 1. The largest absolute Gasteiger partial charge is 0.493 e. The van der Waals surface area contributed by atoms with Gasteiger partial charge in [0.15, 0.2) is 17.5 Å². The van der Waals surface area contributed by atoms with Crippen LogP contribution in [0.25, 0.3) is 5.69 Å². The fourth-order valence-electron chi connectivity index (χ4n) is 3.51. The van der Waals surface area contributed by atoms with E-state index in [2.05, 4.69) is 34.7 Å². The van der Waals surface area contributed by atoms with Crippen LogP contribution in [0.15, 0.2) is 53.5 Å². The van der Waals surface area contributed by atoms with Crippen LogP contribution >= 0.6 is 24.0 Å². The summed E-state index contributed by atoms with van der Waals surface area (Å²) in [6, 6.07) is 16.1. The molecule has 0 amide bonds. The van der Waals surface area contributed by atoms with Gasteiger partial charge in [-0.3, -0.25) is 4.99 Å². The van der Waals surface area contributed by atoms with Gasteiger partial charge in [0.25, 0.3) is 0 Å². The Hall–Kier alpha value is -2.75. The third kappa shape index (κ3) is 6.15. The Balaban J connectivity index is 0.00000363. The van der Waals surface area contributed by atoms with E-state index in [1.54, 1.807) is 21.3 Å². The van der Waals surface area contributed by atoms with E-state index < -0.39 is 0 Å². The molecule has 1 aromatic heterocycles. The molecule has 2 aromatic carbocycles. The molecule has 1 heterocycles. The lowest BCUT2D eigenvalue weighted by Crippen LogP contribution is -2.38. The van der Waals surface area contributed by atoms with E-state index in [0.29, 0.717) is 6.54 Å². The van der Waals surface area contributed by atoms with Crippen molar-refractivity contribution in [1.82, 2.24) is 20.4 Å². The molecule has 0 aliphatic rings. The molecule has 0 saturated carbocycles. The average Bonchev–Trinajstić information content (AvgIpc) is 3.09. The van der Waals surface area contributed by atoms with E-state index in [9.17, 15) is 0 Å². The minimum Gasteiger partial charge on any atom is -0.493 e. The second kappa shape index (κ2) is 12.3.